The predicted octanol–water partition coefficient (Wildman–Crippen LogP) is 2.34. The SMILES string of the molecule is CCNC(=O)COc1ccc(CNC(C)C(C)C)cc1OC. The number of benzene rings is 1. The van der Waals surface area contributed by atoms with Gasteiger partial charge in [-0.25, -0.2) is 0 Å². The van der Waals surface area contributed by atoms with Crippen LogP contribution in [0, 0.1) is 5.92 Å². The van der Waals surface area contributed by atoms with Crippen LogP contribution in [-0.2, 0) is 11.3 Å². The van der Waals surface area contributed by atoms with Crippen LogP contribution in [0.25, 0.3) is 0 Å². The molecule has 0 aromatic heterocycles. The Morgan fingerprint density at radius 3 is 2.55 bits per heavy atom. The second-order valence-electron chi connectivity index (χ2n) is 5.64. The number of carbonyl (C=O) groups excluding carboxylic acids is 1. The molecule has 1 aromatic carbocycles. The van der Waals surface area contributed by atoms with Gasteiger partial charge in [-0.3, -0.25) is 4.79 Å². The summed E-state index contributed by atoms with van der Waals surface area (Å²) in [6.45, 7) is 9.79. The zero-order valence-corrected chi connectivity index (χ0v) is 14.2. The van der Waals surface area contributed by atoms with Crippen LogP contribution in [0.5, 0.6) is 11.5 Å². The molecule has 1 rings (SSSR count). The van der Waals surface area contributed by atoms with E-state index in [1.54, 1.807) is 7.11 Å². The monoisotopic (exact) mass is 308 g/mol. The lowest BCUT2D eigenvalue weighted by molar-refractivity contribution is -0.123. The van der Waals surface area contributed by atoms with E-state index in [1.165, 1.54) is 0 Å². The summed E-state index contributed by atoms with van der Waals surface area (Å²) in [4.78, 5) is 11.4. The van der Waals surface area contributed by atoms with Gasteiger partial charge in [0, 0.05) is 19.1 Å². The standard InChI is InChI=1S/C17H28N2O3/c1-6-18-17(20)11-22-15-8-7-14(9-16(15)21-5)10-19-13(4)12(2)3/h7-9,12-13,19H,6,10-11H2,1-5H3,(H,18,20). The Balaban J connectivity index is 2.64. The third kappa shape index (κ3) is 5.93. The number of amides is 1. The predicted molar refractivity (Wildman–Crippen MR) is 88.3 cm³/mol. The molecule has 1 aromatic rings. The van der Waals surface area contributed by atoms with E-state index in [0.717, 1.165) is 12.1 Å². The van der Waals surface area contributed by atoms with E-state index in [0.29, 0.717) is 30.0 Å². The minimum atomic E-state index is -0.138. The Hall–Kier alpha value is -1.75. The van der Waals surface area contributed by atoms with E-state index in [2.05, 4.69) is 31.4 Å². The minimum Gasteiger partial charge on any atom is -0.493 e. The first kappa shape index (κ1) is 18.3. The summed E-state index contributed by atoms with van der Waals surface area (Å²) in [5.74, 6) is 1.66. The maximum absolute atomic E-state index is 11.4. The van der Waals surface area contributed by atoms with Gasteiger partial charge in [-0.05, 0) is 37.5 Å². The lowest BCUT2D eigenvalue weighted by Crippen LogP contribution is -2.30. The molecule has 1 amide bonds. The van der Waals surface area contributed by atoms with Crippen molar-refractivity contribution < 1.29 is 14.3 Å². The summed E-state index contributed by atoms with van der Waals surface area (Å²) >= 11 is 0. The van der Waals surface area contributed by atoms with E-state index >= 15 is 0 Å². The molecule has 0 fully saturated rings. The molecule has 0 aliphatic carbocycles. The summed E-state index contributed by atoms with van der Waals surface area (Å²) in [5.41, 5.74) is 1.12. The Kier molecular flexibility index (Phi) is 7.74. The zero-order valence-electron chi connectivity index (χ0n) is 14.2. The average molecular weight is 308 g/mol. The van der Waals surface area contributed by atoms with Crippen molar-refractivity contribution in [3.63, 3.8) is 0 Å². The highest BCUT2D eigenvalue weighted by molar-refractivity contribution is 5.77. The number of nitrogens with one attached hydrogen (secondary N) is 2. The summed E-state index contributed by atoms with van der Waals surface area (Å²) < 4.78 is 10.9. The fourth-order valence-electron chi connectivity index (χ4n) is 1.85. The highest BCUT2D eigenvalue weighted by atomic mass is 16.5. The Morgan fingerprint density at radius 1 is 1.23 bits per heavy atom. The van der Waals surface area contributed by atoms with E-state index in [4.69, 9.17) is 9.47 Å². The second kappa shape index (κ2) is 9.30. The smallest absolute Gasteiger partial charge is 0.257 e. The van der Waals surface area contributed by atoms with Crippen molar-refractivity contribution in [1.29, 1.82) is 0 Å². The van der Waals surface area contributed by atoms with Crippen molar-refractivity contribution in [1.82, 2.24) is 10.6 Å². The van der Waals surface area contributed by atoms with Crippen molar-refractivity contribution in [2.24, 2.45) is 5.92 Å². The van der Waals surface area contributed by atoms with Crippen LogP contribution in [0.1, 0.15) is 33.3 Å². The maximum Gasteiger partial charge on any atom is 0.257 e. The molecule has 1 unspecified atom stereocenters. The molecular formula is C17H28N2O3. The molecule has 0 aliphatic heterocycles. The normalized spacial score (nSPS) is 12.1. The van der Waals surface area contributed by atoms with Gasteiger partial charge in [-0.15, -0.1) is 0 Å². The topological polar surface area (TPSA) is 59.6 Å². The van der Waals surface area contributed by atoms with E-state index in [9.17, 15) is 4.79 Å². The molecule has 0 aliphatic rings. The Morgan fingerprint density at radius 2 is 1.95 bits per heavy atom. The summed E-state index contributed by atoms with van der Waals surface area (Å²) in [6, 6.07) is 6.21. The Labute approximate surface area is 133 Å². The number of methoxy groups -OCH3 is 1. The third-order valence-electron chi connectivity index (χ3n) is 3.59. The van der Waals surface area contributed by atoms with Crippen LogP contribution in [0.2, 0.25) is 0 Å². The average Bonchev–Trinajstić information content (AvgIpc) is 2.50. The molecule has 2 N–H and O–H groups in total. The van der Waals surface area contributed by atoms with Crippen molar-refractivity contribution in [2.45, 2.75) is 40.3 Å². The molecular weight excluding hydrogens is 280 g/mol. The highest BCUT2D eigenvalue weighted by Crippen LogP contribution is 2.28. The van der Waals surface area contributed by atoms with Gasteiger partial charge in [0.2, 0.25) is 0 Å². The first-order valence-electron chi connectivity index (χ1n) is 7.77. The van der Waals surface area contributed by atoms with Gasteiger partial charge in [0.25, 0.3) is 5.91 Å². The molecule has 22 heavy (non-hydrogen) atoms. The van der Waals surface area contributed by atoms with Crippen LogP contribution in [-0.4, -0.2) is 32.2 Å². The summed E-state index contributed by atoms with van der Waals surface area (Å²) in [6.07, 6.45) is 0. The maximum atomic E-state index is 11.4. The number of carbonyl (C=O) groups is 1. The number of ether oxygens (including phenoxy) is 2. The van der Waals surface area contributed by atoms with Crippen LogP contribution < -0.4 is 20.1 Å². The molecule has 0 saturated carbocycles. The molecule has 0 saturated heterocycles. The fourth-order valence-corrected chi connectivity index (χ4v) is 1.85. The van der Waals surface area contributed by atoms with E-state index in [1.807, 2.05) is 25.1 Å². The van der Waals surface area contributed by atoms with E-state index < -0.39 is 0 Å². The fraction of sp³-hybridized carbons (Fsp3) is 0.588. The highest BCUT2D eigenvalue weighted by Gasteiger charge is 2.10. The van der Waals surface area contributed by atoms with Gasteiger partial charge in [0.05, 0.1) is 7.11 Å². The minimum absolute atomic E-state index is 0.00776. The first-order chi connectivity index (χ1) is 10.5. The molecule has 1 atom stereocenters. The lowest BCUT2D eigenvalue weighted by Gasteiger charge is -2.18. The van der Waals surface area contributed by atoms with Gasteiger partial charge in [-0.2, -0.15) is 0 Å². The van der Waals surface area contributed by atoms with Crippen molar-refractivity contribution in [3.05, 3.63) is 23.8 Å². The van der Waals surface area contributed by atoms with Crippen molar-refractivity contribution in [3.8, 4) is 11.5 Å². The zero-order chi connectivity index (χ0) is 16.5. The number of hydrogen-bond donors (Lipinski definition) is 2. The number of hydrogen-bond acceptors (Lipinski definition) is 4. The number of likely N-dealkylation sites (N-methyl/N-ethyl adjacent to an activating group) is 1. The van der Waals surface area contributed by atoms with Crippen LogP contribution in [0.4, 0.5) is 0 Å². The van der Waals surface area contributed by atoms with E-state index in [-0.39, 0.29) is 12.5 Å². The Bertz CT molecular complexity index is 475. The second-order valence-corrected chi connectivity index (χ2v) is 5.64. The molecule has 0 bridgehead atoms. The van der Waals surface area contributed by atoms with Crippen molar-refractivity contribution in [2.75, 3.05) is 20.3 Å². The molecule has 0 radical (unpaired) electrons. The van der Waals surface area contributed by atoms with Crippen LogP contribution in [0.3, 0.4) is 0 Å². The van der Waals surface area contributed by atoms with Crippen LogP contribution >= 0.6 is 0 Å². The lowest BCUT2D eigenvalue weighted by atomic mass is 10.1. The number of rotatable bonds is 9. The molecule has 5 nitrogen and oxygen atoms in total. The van der Waals surface area contributed by atoms with Gasteiger partial charge in [0.15, 0.2) is 18.1 Å². The molecule has 124 valence electrons. The van der Waals surface area contributed by atoms with Crippen LogP contribution in [0.15, 0.2) is 18.2 Å². The summed E-state index contributed by atoms with van der Waals surface area (Å²) in [5, 5.41) is 6.17. The van der Waals surface area contributed by atoms with Gasteiger partial charge >= 0.3 is 0 Å². The third-order valence-corrected chi connectivity index (χ3v) is 3.59. The molecule has 0 heterocycles. The van der Waals surface area contributed by atoms with Gasteiger partial charge in [-0.1, -0.05) is 19.9 Å². The quantitative estimate of drug-likeness (QED) is 0.735. The summed E-state index contributed by atoms with van der Waals surface area (Å²) in [7, 11) is 1.60. The molecule has 5 heteroatoms. The largest absolute Gasteiger partial charge is 0.493 e. The first-order valence-corrected chi connectivity index (χ1v) is 7.77. The molecule has 0 spiro atoms. The van der Waals surface area contributed by atoms with Gasteiger partial charge < -0.3 is 20.1 Å². The van der Waals surface area contributed by atoms with Crippen molar-refractivity contribution >= 4 is 5.91 Å². The van der Waals surface area contributed by atoms with Gasteiger partial charge in [0.1, 0.15) is 0 Å².